The van der Waals surface area contributed by atoms with Gasteiger partial charge < -0.3 is 10.1 Å². The normalized spacial score (nSPS) is 10.9. The molecule has 4 heteroatoms. The van der Waals surface area contributed by atoms with Crippen molar-refractivity contribution >= 4 is 11.8 Å². The van der Waals surface area contributed by atoms with Gasteiger partial charge in [0.15, 0.2) is 5.16 Å². The molecule has 2 N–H and O–H groups in total. The van der Waals surface area contributed by atoms with Gasteiger partial charge in [0.1, 0.15) is 0 Å². The highest BCUT2D eigenvalue weighted by atomic mass is 32.2. The lowest BCUT2D eigenvalue weighted by molar-refractivity contribution is 0.284. The van der Waals surface area contributed by atoms with E-state index in [1.54, 1.807) is 11.8 Å². The number of unbranched alkanes of at least 4 members (excludes halogenated alkanes) is 2. The second-order valence-electron chi connectivity index (χ2n) is 4.91. The molecule has 0 spiro atoms. The molecular formula is C16H22N2OS. The quantitative estimate of drug-likeness (QED) is 0.577. The summed E-state index contributed by atoms with van der Waals surface area (Å²) < 4.78 is 0. The Morgan fingerprint density at radius 1 is 1.15 bits per heavy atom. The van der Waals surface area contributed by atoms with Crippen molar-refractivity contribution in [3.63, 3.8) is 0 Å². The summed E-state index contributed by atoms with van der Waals surface area (Å²) in [5.41, 5.74) is 3.59. The van der Waals surface area contributed by atoms with Crippen molar-refractivity contribution < 1.29 is 5.11 Å². The van der Waals surface area contributed by atoms with Gasteiger partial charge in [-0.3, -0.25) is 0 Å². The molecule has 1 aromatic heterocycles. The molecule has 0 saturated heterocycles. The van der Waals surface area contributed by atoms with E-state index in [1.165, 1.54) is 5.56 Å². The van der Waals surface area contributed by atoms with Crippen molar-refractivity contribution in [2.75, 3.05) is 12.4 Å². The second-order valence-corrected chi connectivity index (χ2v) is 5.99. The van der Waals surface area contributed by atoms with Gasteiger partial charge in [-0.25, -0.2) is 4.98 Å². The van der Waals surface area contributed by atoms with Crippen molar-refractivity contribution in [3.8, 4) is 0 Å². The fourth-order valence-corrected chi connectivity index (χ4v) is 3.00. The van der Waals surface area contributed by atoms with Crippen LogP contribution in [0.5, 0.6) is 0 Å². The first kappa shape index (κ1) is 15.1. The van der Waals surface area contributed by atoms with Crippen molar-refractivity contribution in [3.05, 3.63) is 47.3 Å². The predicted octanol–water partition coefficient (Wildman–Crippen LogP) is 3.56. The Kier molecular flexibility index (Phi) is 6.15. The van der Waals surface area contributed by atoms with Gasteiger partial charge in [0.25, 0.3) is 0 Å². The molecule has 1 aromatic carbocycles. The number of aromatic amines is 1. The maximum atomic E-state index is 8.74. The number of aryl methyl sites for hydroxylation is 1. The first-order chi connectivity index (χ1) is 9.79. The molecular weight excluding hydrogens is 268 g/mol. The third-order valence-electron chi connectivity index (χ3n) is 3.22. The molecule has 0 amide bonds. The smallest absolute Gasteiger partial charge is 0.165 e. The van der Waals surface area contributed by atoms with E-state index < -0.39 is 0 Å². The zero-order valence-corrected chi connectivity index (χ0v) is 12.7. The van der Waals surface area contributed by atoms with E-state index in [0.29, 0.717) is 6.61 Å². The van der Waals surface area contributed by atoms with Crippen LogP contribution >= 0.6 is 11.8 Å². The largest absolute Gasteiger partial charge is 0.396 e. The van der Waals surface area contributed by atoms with Crippen LogP contribution in [-0.2, 0) is 6.42 Å². The van der Waals surface area contributed by atoms with Gasteiger partial charge in [-0.1, -0.05) is 48.5 Å². The van der Waals surface area contributed by atoms with E-state index in [2.05, 4.69) is 41.2 Å². The Morgan fingerprint density at radius 3 is 2.70 bits per heavy atom. The lowest BCUT2D eigenvalue weighted by Crippen LogP contribution is -1.90. The number of H-pyrrole nitrogens is 1. The second kappa shape index (κ2) is 8.12. The molecule has 20 heavy (non-hydrogen) atoms. The molecule has 1 heterocycles. The molecule has 0 radical (unpaired) electrons. The number of aliphatic hydroxyl groups excluding tert-OH is 1. The molecule has 0 atom stereocenters. The number of benzene rings is 1. The number of imidazole rings is 1. The van der Waals surface area contributed by atoms with E-state index in [4.69, 9.17) is 5.11 Å². The van der Waals surface area contributed by atoms with Crippen LogP contribution in [0.2, 0.25) is 0 Å². The molecule has 0 aliphatic carbocycles. The zero-order valence-electron chi connectivity index (χ0n) is 11.9. The van der Waals surface area contributed by atoms with Gasteiger partial charge >= 0.3 is 0 Å². The molecule has 0 fully saturated rings. The maximum Gasteiger partial charge on any atom is 0.165 e. The van der Waals surface area contributed by atoms with E-state index in [0.717, 1.165) is 48.0 Å². The summed E-state index contributed by atoms with van der Waals surface area (Å²) in [7, 11) is 0. The maximum absolute atomic E-state index is 8.74. The van der Waals surface area contributed by atoms with Crippen LogP contribution in [0, 0.1) is 6.92 Å². The van der Waals surface area contributed by atoms with Gasteiger partial charge in [0.2, 0.25) is 0 Å². The monoisotopic (exact) mass is 290 g/mol. The summed E-state index contributed by atoms with van der Waals surface area (Å²) in [5.74, 6) is 1.05. The summed E-state index contributed by atoms with van der Waals surface area (Å²) in [6.45, 7) is 2.38. The number of hydrogen-bond acceptors (Lipinski definition) is 3. The predicted molar refractivity (Wildman–Crippen MR) is 84.2 cm³/mol. The number of aliphatic hydroxyl groups is 1. The van der Waals surface area contributed by atoms with Crippen LogP contribution in [0.4, 0.5) is 0 Å². The van der Waals surface area contributed by atoms with Crippen LogP contribution in [0.25, 0.3) is 0 Å². The van der Waals surface area contributed by atoms with Gasteiger partial charge in [0.05, 0.1) is 5.69 Å². The highest BCUT2D eigenvalue weighted by Gasteiger charge is 2.07. The molecule has 0 unspecified atom stereocenters. The Labute approximate surface area is 124 Å². The first-order valence-corrected chi connectivity index (χ1v) is 8.11. The highest BCUT2D eigenvalue weighted by Crippen LogP contribution is 2.20. The fourth-order valence-electron chi connectivity index (χ4n) is 2.06. The standard InChI is InChI=1S/C16H22N2OS/c1-13-15(12-14-8-4-2-5-9-14)18-16(17-13)20-11-7-3-6-10-19/h2,4-5,8-9,19H,3,6-7,10-12H2,1H3,(H,17,18). The minimum Gasteiger partial charge on any atom is -0.396 e. The lowest BCUT2D eigenvalue weighted by Gasteiger charge is -1.98. The molecule has 0 saturated carbocycles. The summed E-state index contributed by atoms with van der Waals surface area (Å²) in [4.78, 5) is 8.04. The number of rotatable bonds is 8. The van der Waals surface area contributed by atoms with E-state index in [9.17, 15) is 0 Å². The minimum absolute atomic E-state index is 0.297. The number of nitrogens with one attached hydrogen (secondary N) is 1. The third kappa shape index (κ3) is 4.69. The minimum atomic E-state index is 0.297. The molecule has 0 aliphatic rings. The molecule has 3 nitrogen and oxygen atoms in total. The van der Waals surface area contributed by atoms with Crippen LogP contribution in [-0.4, -0.2) is 27.4 Å². The number of hydrogen-bond donors (Lipinski definition) is 2. The van der Waals surface area contributed by atoms with Crippen molar-refractivity contribution in [2.45, 2.75) is 37.8 Å². The Morgan fingerprint density at radius 2 is 1.95 bits per heavy atom. The lowest BCUT2D eigenvalue weighted by atomic mass is 10.1. The first-order valence-electron chi connectivity index (χ1n) is 7.12. The van der Waals surface area contributed by atoms with Gasteiger partial charge in [0, 0.05) is 24.5 Å². The van der Waals surface area contributed by atoms with Crippen LogP contribution in [0.1, 0.15) is 36.2 Å². The Bertz CT molecular complexity index is 510. The SMILES string of the molecule is Cc1[nH]c(SCCCCCO)nc1Cc1ccccc1. The number of nitrogens with zero attached hydrogens (tertiary/aromatic N) is 1. The molecule has 2 rings (SSSR count). The topological polar surface area (TPSA) is 48.9 Å². The zero-order chi connectivity index (χ0) is 14.2. The highest BCUT2D eigenvalue weighted by molar-refractivity contribution is 7.99. The average molecular weight is 290 g/mol. The van der Waals surface area contributed by atoms with Gasteiger partial charge in [-0.2, -0.15) is 0 Å². The summed E-state index contributed by atoms with van der Waals surface area (Å²) >= 11 is 1.77. The van der Waals surface area contributed by atoms with Crippen molar-refractivity contribution in [1.82, 2.24) is 9.97 Å². The number of aromatic nitrogens is 2. The van der Waals surface area contributed by atoms with Crippen LogP contribution < -0.4 is 0 Å². The Balaban J connectivity index is 1.86. The van der Waals surface area contributed by atoms with E-state index in [-0.39, 0.29) is 0 Å². The Hall–Kier alpha value is -1.26. The van der Waals surface area contributed by atoms with Gasteiger partial charge in [-0.15, -0.1) is 0 Å². The van der Waals surface area contributed by atoms with Crippen molar-refractivity contribution in [1.29, 1.82) is 0 Å². The number of thioether (sulfide) groups is 1. The van der Waals surface area contributed by atoms with Crippen LogP contribution in [0.3, 0.4) is 0 Å². The van der Waals surface area contributed by atoms with Gasteiger partial charge in [-0.05, 0) is 25.3 Å². The van der Waals surface area contributed by atoms with Crippen LogP contribution in [0.15, 0.2) is 35.5 Å². The fraction of sp³-hybridized carbons (Fsp3) is 0.438. The summed E-state index contributed by atoms with van der Waals surface area (Å²) in [6, 6.07) is 10.4. The van der Waals surface area contributed by atoms with Crippen molar-refractivity contribution in [2.24, 2.45) is 0 Å². The average Bonchev–Trinajstić information content (AvgIpc) is 2.80. The third-order valence-corrected chi connectivity index (χ3v) is 4.18. The molecule has 0 bridgehead atoms. The molecule has 2 aromatic rings. The van der Waals surface area contributed by atoms with E-state index >= 15 is 0 Å². The molecule has 0 aliphatic heterocycles. The summed E-state index contributed by atoms with van der Waals surface area (Å²) in [6.07, 6.45) is 3.99. The van der Waals surface area contributed by atoms with E-state index in [1.807, 2.05) is 6.07 Å². The summed E-state index contributed by atoms with van der Waals surface area (Å²) in [5, 5.41) is 9.75. The molecule has 108 valence electrons.